The number of ether oxygens (including phenoxy) is 2. The molecule has 0 unspecified atom stereocenters. The Hall–Kier alpha value is -4.30. The summed E-state index contributed by atoms with van der Waals surface area (Å²) in [5.41, 5.74) is 1.32. The van der Waals surface area contributed by atoms with Crippen LogP contribution in [0.15, 0.2) is 83.8 Å². The van der Waals surface area contributed by atoms with E-state index >= 15 is 0 Å². The third kappa shape index (κ3) is 5.50. The number of aromatic nitrogens is 2. The highest BCUT2D eigenvalue weighted by atomic mass is 35.5. The van der Waals surface area contributed by atoms with E-state index in [1.165, 1.54) is 10.9 Å². The Kier molecular flexibility index (Phi) is 7.56. The van der Waals surface area contributed by atoms with Crippen molar-refractivity contribution < 1.29 is 14.3 Å². The standard InChI is InChI=1S/C27H25ClN4O4/c1-4-31(2)26(33)18-6-5-7-20(16-18)30-25-24(36-23-12-8-19(28)9-13-23)17-29-32(27(25)34)21-10-14-22(35-3)15-11-21/h5-17,30H,4H2,1-3H3. The number of methoxy groups -OCH3 is 1. The van der Waals surface area contributed by atoms with Crippen molar-refractivity contribution in [1.29, 1.82) is 0 Å². The van der Waals surface area contributed by atoms with Crippen LogP contribution in [0, 0.1) is 0 Å². The van der Waals surface area contributed by atoms with E-state index in [9.17, 15) is 9.59 Å². The highest BCUT2D eigenvalue weighted by Gasteiger charge is 2.17. The summed E-state index contributed by atoms with van der Waals surface area (Å²) in [5, 5.41) is 8.01. The van der Waals surface area contributed by atoms with Crippen molar-refractivity contribution in [3.63, 3.8) is 0 Å². The fraction of sp³-hybridized carbons (Fsp3) is 0.148. The number of benzene rings is 3. The topological polar surface area (TPSA) is 85.7 Å². The van der Waals surface area contributed by atoms with Gasteiger partial charge in [-0.3, -0.25) is 9.59 Å². The fourth-order valence-corrected chi connectivity index (χ4v) is 3.53. The number of amides is 1. The third-order valence-corrected chi connectivity index (χ3v) is 5.75. The summed E-state index contributed by atoms with van der Waals surface area (Å²) in [6, 6.07) is 20.7. The number of carbonyl (C=O) groups excluding carboxylic acids is 1. The molecule has 0 radical (unpaired) electrons. The molecule has 36 heavy (non-hydrogen) atoms. The van der Waals surface area contributed by atoms with Gasteiger partial charge >= 0.3 is 0 Å². The zero-order valence-corrected chi connectivity index (χ0v) is 20.8. The van der Waals surface area contributed by atoms with Gasteiger partial charge in [-0.2, -0.15) is 9.78 Å². The van der Waals surface area contributed by atoms with E-state index in [4.69, 9.17) is 21.1 Å². The molecule has 0 aliphatic carbocycles. The largest absolute Gasteiger partial charge is 0.497 e. The lowest BCUT2D eigenvalue weighted by Crippen LogP contribution is -2.26. The molecule has 4 aromatic rings. The lowest BCUT2D eigenvalue weighted by molar-refractivity contribution is 0.0802. The minimum atomic E-state index is -0.436. The van der Waals surface area contributed by atoms with Crippen molar-refractivity contribution in [2.24, 2.45) is 0 Å². The molecule has 1 aromatic heterocycles. The number of hydrogen-bond donors (Lipinski definition) is 1. The first-order chi connectivity index (χ1) is 17.4. The lowest BCUT2D eigenvalue weighted by Gasteiger charge is -2.17. The molecule has 0 fully saturated rings. The smallest absolute Gasteiger partial charge is 0.299 e. The summed E-state index contributed by atoms with van der Waals surface area (Å²) < 4.78 is 12.5. The predicted octanol–water partition coefficient (Wildman–Crippen LogP) is 5.52. The molecular formula is C27H25ClN4O4. The molecule has 0 spiro atoms. The van der Waals surface area contributed by atoms with Crippen LogP contribution in [-0.2, 0) is 0 Å². The van der Waals surface area contributed by atoms with Gasteiger partial charge in [0.2, 0.25) is 0 Å². The van der Waals surface area contributed by atoms with Gasteiger partial charge in [0.05, 0.1) is 19.0 Å². The maximum atomic E-state index is 13.6. The Balaban J connectivity index is 1.76. The number of nitrogens with one attached hydrogen (secondary N) is 1. The number of nitrogens with zero attached hydrogens (tertiary/aromatic N) is 3. The summed E-state index contributed by atoms with van der Waals surface area (Å²) in [5.74, 6) is 1.24. The van der Waals surface area contributed by atoms with Crippen molar-refractivity contribution in [3.05, 3.63) is 99.9 Å². The highest BCUT2D eigenvalue weighted by molar-refractivity contribution is 6.30. The quantitative estimate of drug-likeness (QED) is 0.340. The van der Waals surface area contributed by atoms with Gasteiger partial charge < -0.3 is 19.7 Å². The van der Waals surface area contributed by atoms with E-state index in [-0.39, 0.29) is 17.3 Å². The molecule has 0 saturated carbocycles. The Morgan fingerprint density at radius 3 is 2.42 bits per heavy atom. The van der Waals surface area contributed by atoms with E-state index in [1.54, 1.807) is 91.9 Å². The van der Waals surface area contributed by atoms with Crippen molar-refractivity contribution in [3.8, 4) is 22.9 Å². The number of anilines is 2. The van der Waals surface area contributed by atoms with E-state index in [0.717, 1.165) is 0 Å². The molecule has 1 N–H and O–H groups in total. The first-order valence-electron chi connectivity index (χ1n) is 11.2. The summed E-state index contributed by atoms with van der Waals surface area (Å²) in [6.45, 7) is 2.48. The van der Waals surface area contributed by atoms with Gasteiger partial charge in [0.1, 0.15) is 11.5 Å². The van der Waals surface area contributed by atoms with Crippen LogP contribution in [0.3, 0.4) is 0 Å². The Labute approximate surface area is 213 Å². The van der Waals surface area contributed by atoms with E-state index in [2.05, 4.69) is 10.4 Å². The van der Waals surface area contributed by atoms with Crippen LogP contribution in [0.5, 0.6) is 17.2 Å². The number of rotatable bonds is 8. The first kappa shape index (κ1) is 24.8. The van der Waals surface area contributed by atoms with E-state index in [0.29, 0.717) is 40.0 Å². The summed E-state index contributed by atoms with van der Waals surface area (Å²) >= 11 is 5.99. The SMILES string of the molecule is CCN(C)C(=O)c1cccc(Nc2c(Oc3ccc(Cl)cc3)cnn(-c3ccc(OC)cc3)c2=O)c1. The molecule has 1 heterocycles. The maximum absolute atomic E-state index is 13.6. The Morgan fingerprint density at radius 1 is 1.06 bits per heavy atom. The molecular weight excluding hydrogens is 480 g/mol. The van der Waals surface area contributed by atoms with E-state index in [1.807, 2.05) is 6.92 Å². The van der Waals surface area contributed by atoms with E-state index < -0.39 is 5.56 Å². The Morgan fingerprint density at radius 2 is 1.75 bits per heavy atom. The van der Waals surface area contributed by atoms with Crippen molar-refractivity contribution >= 4 is 28.9 Å². The predicted molar refractivity (Wildman–Crippen MR) is 140 cm³/mol. The number of carbonyl (C=O) groups is 1. The third-order valence-electron chi connectivity index (χ3n) is 5.50. The molecule has 8 nitrogen and oxygen atoms in total. The summed E-state index contributed by atoms with van der Waals surface area (Å²) in [4.78, 5) is 27.9. The number of hydrogen-bond acceptors (Lipinski definition) is 6. The molecule has 4 rings (SSSR count). The van der Waals surface area contributed by atoms with Crippen LogP contribution in [0.1, 0.15) is 17.3 Å². The van der Waals surface area contributed by atoms with Gasteiger partial charge in [-0.15, -0.1) is 0 Å². The second-order valence-corrected chi connectivity index (χ2v) is 8.32. The summed E-state index contributed by atoms with van der Waals surface area (Å²) in [6.07, 6.45) is 1.46. The molecule has 1 amide bonds. The lowest BCUT2D eigenvalue weighted by atomic mass is 10.1. The van der Waals surface area contributed by atoms with Gasteiger partial charge in [0, 0.05) is 29.9 Å². The first-order valence-corrected chi connectivity index (χ1v) is 11.6. The molecule has 184 valence electrons. The maximum Gasteiger partial charge on any atom is 0.299 e. The van der Waals surface area contributed by atoms with Gasteiger partial charge in [-0.1, -0.05) is 17.7 Å². The summed E-state index contributed by atoms with van der Waals surface area (Å²) in [7, 11) is 3.30. The monoisotopic (exact) mass is 504 g/mol. The zero-order valence-electron chi connectivity index (χ0n) is 20.1. The second kappa shape index (κ2) is 11.0. The van der Waals surface area contributed by atoms with Crippen LogP contribution in [0.25, 0.3) is 5.69 Å². The second-order valence-electron chi connectivity index (χ2n) is 7.88. The zero-order chi connectivity index (χ0) is 25.7. The van der Waals surface area contributed by atoms with Gasteiger partial charge in [-0.05, 0) is 73.7 Å². The van der Waals surface area contributed by atoms with Crippen molar-refractivity contribution in [1.82, 2.24) is 14.7 Å². The molecule has 0 saturated heterocycles. The van der Waals surface area contributed by atoms with Crippen molar-refractivity contribution in [2.45, 2.75) is 6.92 Å². The van der Waals surface area contributed by atoms with Crippen LogP contribution in [-0.4, -0.2) is 41.3 Å². The van der Waals surface area contributed by atoms with Crippen LogP contribution in [0.2, 0.25) is 5.02 Å². The Bertz CT molecular complexity index is 1420. The normalized spacial score (nSPS) is 10.6. The van der Waals surface area contributed by atoms with Crippen LogP contribution in [0.4, 0.5) is 11.4 Å². The molecule has 0 aliphatic heterocycles. The molecule has 3 aromatic carbocycles. The van der Waals surface area contributed by atoms with Crippen LogP contribution >= 0.6 is 11.6 Å². The minimum Gasteiger partial charge on any atom is -0.497 e. The van der Waals surface area contributed by atoms with Gasteiger partial charge in [0.25, 0.3) is 11.5 Å². The van der Waals surface area contributed by atoms with Crippen molar-refractivity contribution in [2.75, 3.05) is 26.0 Å². The van der Waals surface area contributed by atoms with Gasteiger partial charge in [0.15, 0.2) is 11.4 Å². The number of halogens is 1. The van der Waals surface area contributed by atoms with Crippen LogP contribution < -0.4 is 20.3 Å². The molecule has 0 aliphatic rings. The average molecular weight is 505 g/mol. The average Bonchev–Trinajstić information content (AvgIpc) is 2.91. The molecule has 0 atom stereocenters. The molecule has 9 heteroatoms. The minimum absolute atomic E-state index is 0.121. The van der Waals surface area contributed by atoms with Gasteiger partial charge in [-0.25, -0.2) is 0 Å². The highest BCUT2D eigenvalue weighted by Crippen LogP contribution is 2.30. The molecule has 0 bridgehead atoms. The fourth-order valence-electron chi connectivity index (χ4n) is 3.41.